The van der Waals surface area contributed by atoms with Crippen molar-refractivity contribution in [2.45, 2.75) is 71.6 Å². The Labute approximate surface area is 100 Å². The molecule has 0 aromatic carbocycles. The number of hydrogen-bond donors (Lipinski definition) is 1. The summed E-state index contributed by atoms with van der Waals surface area (Å²) < 4.78 is 5.41. The van der Waals surface area contributed by atoms with Gasteiger partial charge in [0.05, 0.1) is 6.10 Å². The molecule has 0 radical (unpaired) electrons. The molecule has 0 spiro atoms. The van der Waals surface area contributed by atoms with Gasteiger partial charge in [0.2, 0.25) is 0 Å². The van der Waals surface area contributed by atoms with Gasteiger partial charge >= 0.3 is 0 Å². The van der Waals surface area contributed by atoms with E-state index < -0.39 is 0 Å². The topological polar surface area (TPSA) is 21.3 Å². The summed E-state index contributed by atoms with van der Waals surface area (Å²) in [6.07, 6.45) is 5.52. The molecule has 94 valence electrons. The zero-order valence-corrected chi connectivity index (χ0v) is 11.5. The summed E-state index contributed by atoms with van der Waals surface area (Å²) in [7, 11) is 1.84. The van der Waals surface area contributed by atoms with E-state index in [1.165, 1.54) is 25.7 Å². The van der Waals surface area contributed by atoms with Crippen LogP contribution in [-0.4, -0.2) is 25.3 Å². The molecule has 1 N–H and O–H groups in total. The molecule has 2 saturated carbocycles. The lowest BCUT2D eigenvalue weighted by molar-refractivity contribution is 0.0618. The van der Waals surface area contributed by atoms with Crippen LogP contribution in [0, 0.1) is 10.8 Å². The van der Waals surface area contributed by atoms with E-state index in [0.29, 0.717) is 23.0 Å². The predicted octanol–water partition coefficient (Wildman–Crippen LogP) is 2.97. The Morgan fingerprint density at radius 1 is 0.938 bits per heavy atom. The van der Waals surface area contributed by atoms with Crippen molar-refractivity contribution >= 4 is 0 Å². The van der Waals surface area contributed by atoms with Crippen LogP contribution in [-0.2, 0) is 4.74 Å². The second kappa shape index (κ2) is 3.99. The van der Waals surface area contributed by atoms with E-state index in [1.807, 2.05) is 7.11 Å². The summed E-state index contributed by atoms with van der Waals surface area (Å²) in [6, 6.07) is 1.42. The van der Waals surface area contributed by atoms with Crippen molar-refractivity contribution < 1.29 is 4.74 Å². The van der Waals surface area contributed by atoms with E-state index in [0.717, 1.165) is 6.04 Å². The number of nitrogens with one attached hydrogen (secondary N) is 1. The Bertz CT molecular complexity index is 237. The lowest BCUT2D eigenvalue weighted by atomic mass is 9.92. The number of ether oxygens (including phenoxy) is 1. The summed E-state index contributed by atoms with van der Waals surface area (Å²) in [5.41, 5.74) is 0.927. The first kappa shape index (κ1) is 12.4. The van der Waals surface area contributed by atoms with Gasteiger partial charge in [0.15, 0.2) is 0 Å². The van der Waals surface area contributed by atoms with Crippen molar-refractivity contribution in [2.75, 3.05) is 7.11 Å². The van der Waals surface area contributed by atoms with Gasteiger partial charge in [-0.15, -0.1) is 0 Å². The minimum absolute atomic E-state index is 0.463. The van der Waals surface area contributed by atoms with Gasteiger partial charge in [-0.2, -0.15) is 0 Å². The van der Waals surface area contributed by atoms with Crippen LogP contribution in [0.5, 0.6) is 0 Å². The fourth-order valence-corrected chi connectivity index (χ4v) is 3.31. The van der Waals surface area contributed by atoms with Crippen molar-refractivity contribution in [2.24, 2.45) is 10.8 Å². The van der Waals surface area contributed by atoms with E-state index in [9.17, 15) is 0 Å². The molecule has 0 amide bonds. The van der Waals surface area contributed by atoms with Crippen LogP contribution in [0.4, 0.5) is 0 Å². The number of methoxy groups -OCH3 is 1. The summed E-state index contributed by atoms with van der Waals surface area (Å²) >= 11 is 0. The molecule has 2 fully saturated rings. The minimum Gasteiger partial charge on any atom is -0.381 e. The monoisotopic (exact) mass is 225 g/mol. The Kier molecular flexibility index (Phi) is 3.09. The molecule has 0 bridgehead atoms. The van der Waals surface area contributed by atoms with Crippen LogP contribution in [0.3, 0.4) is 0 Å². The molecule has 2 rings (SSSR count). The van der Waals surface area contributed by atoms with Gasteiger partial charge in [-0.3, -0.25) is 0 Å². The normalized spacial score (nSPS) is 37.3. The first-order valence-electron chi connectivity index (χ1n) is 6.68. The van der Waals surface area contributed by atoms with Crippen molar-refractivity contribution in [1.82, 2.24) is 5.32 Å². The molecule has 0 saturated heterocycles. The highest BCUT2D eigenvalue weighted by Gasteiger charge is 2.64. The van der Waals surface area contributed by atoms with Crippen LogP contribution in [0.2, 0.25) is 0 Å². The maximum atomic E-state index is 5.41. The molecule has 0 unspecified atom stereocenters. The van der Waals surface area contributed by atoms with Gasteiger partial charge in [-0.05, 0) is 36.5 Å². The molecule has 16 heavy (non-hydrogen) atoms. The lowest BCUT2D eigenvalue weighted by Crippen LogP contribution is -2.38. The summed E-state index contributed by atoms with van der Waals surface area (Å²) in [5, 5.41) is 3.86. The van der Waals surface area contributed by atoms with Gasteiger partial charge in [0.1, 0.15) is 0 Å². The third-order valence-electron chi connectivity index (χ3n) is 5.43. The van der Waals surface area contributed by atoms with Gasteiger partial charge < -0.3 is 10.1 Å². The highest BCUT2D eigenvalue weighted by Crippen LogP contribution is 2.62. The Balaban J connectivity index is 1.81. The molecule has 2 aliphatic rings. The van der Waals surface area contributed by atoms with Gasteiger partial charge in [0.25, 0.3) is 0 Å². The lowest BCUT2D eigenvalue weighted by Gasteiger charge is -2.29. The molecule has 0 aromatic rings. The van der Waals surface area contributed by atoms with E-state index in [4.69, 9.17) is 4.74 Å². The summed E-state index contributed by atoms with van der Waals surface area (Å²) in [5.74, 6) is 0. The zero-order valence-electron chi connectivity index (χ0n) is 11.5. The summed E-state index contributed by atoms with van der Waals surface area (Å²) in [6.45, 7) is 9.52. The molecular formula is C14H27NO. The van der Waals surface area contributed by atoms with Crippen LogP contribution in [0.25, 0.3) is 0 Å². The maximum absolute atomic E-state index is 5.41. The Morgan fingerprint density at radius 3 is 1.81 bits per heavy atom. The van der Waals surface area contributed by atoms with Crippen LogP contribution in [0.1, 0.15) is 53.4 Å². The molecule has 2 aliphatic carbocycles. The van der Waals surface area contributed by atoms with Crippen LogP contribution >= 0.6 is 0 Å². The molecule has 0 aliphatic heterocycles. The smallest absolute Gasteiger partial charge is 0.0572 e. The van der Waals surface area contributed by atoms with Crippen molar-refractivity contribution in [1.29, 1.82) is 0 Å². The second-order valence-corrected chi connectivity index (χ2v) is 6.75. The highest BCUT2D eigenvalue weighted by molar-refractivity contribution is 5.18. The second-order valence-electron chi connectivity index (χ2n) is 6.75. The predicted molar refractivity (Wildman–Crippen MR) is 67.5 cm³/mol. The molecule has 0 atom stereocenters. The maximum Gasteiger partial charge on any atom is 0.0572 e. The number of hydrogen-bond acceptors (Lipinski definition) is 2. The van der Waals surface area contributed by atoms with Gasteiger partial charge in [0, 0.05) is 19.2 Å². The van der Waals surface area contributed by atoms with Crippen molar-refractivity contribution in [3.8, 4) is 0 Å². The van der Waals surface area contributed by atoms with E-state index in [1.54, 1.807) is 0 Å². The fraction of sp³-hybridized carbons (Fsp3) is 1.00. The zero-order chi connectivity index (χ0) is 12.0. The SMILES string of the molecule is COC1CCC(NC2C(C)(C)C2(C)C)CC1. The molecule has 2 nitrogen and oxygen atoms in total. The Morgan fingerprint density at radius 2 is 1.44 bits per heavy atom. The van der Waals surface area contributed by atoms with Gasteiger partial charge in [-0.25, -0.2) is 0 Å². The largest absolute Gasteiger partial charge is 0.381 e. The first-order chi connectivity index (χ1) is 7.39. The Hall–Kier alpha value is -0.0800. The molecular weight excluding hydrogens is 198 g/mol. The minimum atomic E-state index is 0.463. The third kappa shape index (κ3) is 1.91. The molecule has 0 aromatic heterocycles. The quantitative estimate of drug-likeness (QED) is 0.797. The summed E-state index contributed by atoms with van der Waals surface area (Å²) in [4.78, 5) is 0. The van der Waals surface area contributed by atoms with Crippen molar-refractivity contribution in [3.05, 3.63) is 0 Å². The average molecular weight is 225 g/mol. The van der Waals surface area contributed by atoms with Gasteiger partial charge in [-0.1, -0.05) is 27.7 Å². The van der Waals surface area contributed by atoms with E-state index >= 15 is 0 Å². The average Bonchev–Trinajstić information content (AvgIpc) is 2.62. The highest BCUT2D eigenvalue weighted by atomic mass is 16.5. The molecule has 0 heterocycles. The molecule has 2 heteroatoms. The van der Waals surface area contributed by atoms with E-state index in [-0.39, 0.29) is 0 Å². The fourth-order valence-electron chi connectivity index (χ4n) is 3.31. The van der Waals surface area contributed by atoms with Crippen LogP contribution in [0.15, 0.2) is 0 Å². The van der Waals surface area contributed by atoms with Crippen LogP contribution < -0.4 is 5.32 Å². The van der Waals surface area contributed by atoms with Crippen molar-refractivity contribution in [3.63, 3.8) is 0 Å². The third-order valence-corrected chi connectivity index (χ3v) is 5.43. The first-order valence-corrected chi connectivity index (χ1v) is 6.68. The standard InChI is InChI=1S/C14H27NO/c1-13(2)12(14(13,3)4)15-10-6-8-11(16-5)9-7-10/h10-12,15H,6-9H2,1-5H3. The van der Waals surface area contributed by atoms with E-state index in [2.05, 4.69) is 33.0 Å². The number of rotatable bonds is 3.